The molecule has 11 heteroatoms. The molecule has 1 saturated heterocycles. The molecule has 1 aromatic carbocycles. The van der Waals surface area contributed by atoms with E-state index in [1.54, 1.807) is 25.3 Å². The maximum absolute atomic E-state index is 12.7. The Hall–Kier alpha value is -2.63. The van der Waals surface area contributed by atoms with Gasteiger partial charge in [-0.3, -0.25) is 4.79 Å². The van der Waals surface area contributed by atoms with Crippen LogP contribution in [0.1, 0.15) is 25.5 Å². The lowest BCUT2D eigenvalue weighted by atomic mass is 10.2. The Morgan fingerprint density at radius 2 is 1.84 bits per heavy atom. The van der Waals surface area contributed by atoms with E-state index in [4.69, 9.17) is 4.42 Å². The minimum absolute atomic E-state index is 0.214. The molecule has 1 aliphatic rings. The van der Waals surface area contributed by atoms with E-state index in [0.717, 1.165) is 24.2 Å². The molecule has 170 valence electrons. The third-order valence-electron chi connectivity index (χ3n) is 5.41. The lowest BCUT2D eigenvalue weighted by Gasteiger charge is -2.16. The number of furan rings is 1. The van der Waals surface area contributed by atoms with E-state index in [-0.39, 0.29) is 10.8 Å². The molecule has 0 radical (unpaired) electrons. The van der Waals surface area contributed by atoms with E-state index in [2.05, 4.69) is 15.5 Å². The van der Waals surface area contributed by atoms with Crippen LogP contribution in [0, 0.1) is 6.92 Å². The van der Waals surface area contributed by atoms with Gasteiger partial charge in [-0.1, -0.05) is 11.8 Å². The van der Waals surface area contributed by atoms with Crippen molar-refractivity contribution in [3.63, 3.8) is 0 Å². The number of carbonyl (C=O) groups is 1. The number of nitrogens with zero attached hydrogens (tertiary/aromatic N) is 4. The Balaban J connectivity index is 1.40. The van der Waals surface area contributed by atoms with E-state index < -0.39 is 15.3 Å². The summed E-state index contributed by atoms with van der Waals surface area (Å²) in [5, 5.41) is 11.4. The molecule has 1 atom stereocenters. The first-order valence-corrected chi connectivity index (χ1v) is 12.6. The topological polar surface area (TPSA) is 110 Å². The second kappa shape index (κ2) is 9.08. The minimum atomic E-state index is -3.47. The van der Waals surface area contributed by atoms with Gasteiger partial charge in [-0.2, -0.15) is 4.31 Å². The third kappa shape index (κ3) is 4.45. The van der Waals surface area contributed by atoms with E-state index in [1.165, 1.54) is 28.2 Å². The van der Waals surface area contributed by atoms with Crippen LogP contribution in [0.3, 0.4) is 0 Å². The van der Waals surface area contributed by atoms with Crippen LogP contribution in [0.15, 0.2) is 51.1 Å². The summed E-state index contributed by atoms with van der Waals surface area (Å²) in [6, 6.07) is 8.12. The average molecular weight is 476 g/mol. The Labute approximate surface area is 191 Å². The van der Waals surface area contributed by atoms with Crippen molar-refractivity contribution >= 4 is 33.4 Å². The standard InChI is InChI=1S/C21H25N5O4S2/c1-14-18(10-13-30-14)19-23-24-21(25(19)3)31-15(2)20(27)22-16-6-8-17(9-7-16)32(28,29)26-11-4-5-12-26/h6-10,13,15H,4-5,11-12H2,1-3H3,(H,22,27)/t15-/m1/s1. The number of rotatable bonds is 7. The van der Waals surface area contributed by atoms with Crippen molar-refractivity contribution in [2.45, 2.75) is 42.0 Å². The zero-order valence-corrected chi connectivity index (χ0v) is 19.7. The molecule has 3 aromatic rings. The molecule has 0 bridgehead atoms. The van der Waals surface area contributed by atoms with Crippen molar-refractivity contribution in [1.82, 2.24) is 19.1 Å². The molecule has 3 heterocycles. The Morgan fingerprint density at radius 1 is 1.16 bits per heavy atom. The molecule has 0 saturated carbocycles. The van der Waals surface area contributed by atoms with Gasteiger partial charge in [-0.05, 0) is 57.0 Å². The van der Waals surface area contributed by atoms with Gasteiger partial charge in [-0.15, -0.1) is 10.2 Å². The van der Waals surface area contributed by atoms with Crippen LogP contribution >= 0.6 is 11.8 Å². The fourth-order valence-electron chi connectivity index (χ4n) is 3.51. The number of amides is 1. The number of benzene rings is 1. The molecule has 9 nitrogen and oxygen atoms in total. The number of aryl methyl sites for hydroxylation is 1. The fourth-order valence-corrected chi connectivity index (χ4v) is 5.84. The predicted octanol–water partition coefficient (Wildman–Crippen LogP) is 3.29. The number of carbonyl (C=O) groups excluding carboxylic acids is 1. The number of anilines is 1. The molecular weight excluding hydrogens is 450 g/mol. The van der Waals surface area contributed by atoms with Gasteiger partial charge < -0.3 is 14.3 Å². The van der Waals surface area contributed by atoms with Crippen molar-refractivity contribution in [1.29, 1.82) is 0 Å². The second-order valence-electron chi connectivity index (χ2n) is 7.64. The van der Waals surface area contributed by atoms with Gasteiger partial charge in [0.2, 0.25) is 15.9 Å². The fraction of sp³-hybridized carbons (Fsp3) is 0.381. The van der Waals surface area contributed by atoms with Gasteiger partial charge in [-0.25, -0.2) is 8.42 Å². The van der Waals surface area contributed by atoms with Crippen LogP contribution < -0.4 is 5.32 Å². The van der Waals surface area contributed by atoms with Crippen molar-refractivity contribution in [3.8, 4) is 11.4 Å². The molecule has 1 aliphatic heterocycles. The monoisotopic (exact) mass is 475 g/mol. The second-order valence-corrected chi connectivity index (χ2v) is 10.9. The largest absolute Gasteiger partial charge is 0.469 e. The normalized spacial score (nSPS) is 15.7. The Morgan fingerprint density at radius 3 is 2.47 bits per heavy atom. The van der Waals surface area contributed by atoms with Crippen molar-refractivity contribution in [3.05, 3.63) is 42.4 Å². The number of hydrogen-bond donors (Lipinski definition) is 1. The van der Waals surface area contributed by atoms with Gasteiger partial charge in [0.05, 0.1) is 22.0 Å². The van der Waals surface area contributed by atoms with Gasteiger partial charge in [0.1, 0.15) is 5.76 Å². The highest BCUT2D eigenvalue weighted by atomic mass is 32.2. The molecule has 4 rings (SSSR count). The lowest BCUT2D eigenvalue weighted by molar-refractivity contribution is -0.115. The summed E-state index contributed by atoms with van der Waals surface area (Å²) < 4.78 is 33.9. The van der Waals surface area contributed by atoms with E-state index in [1.807, 2.05) is 24.6 Å². The smallest absolute Gasteiger partial charge is 0.243 e. The summed E-state index contributed by atoms with van der Waals surface area (Å²) in [6.07, 6.45) is 3.37. The van der Waals surface area contributed by atoms with Crippen molar-refractivity contribution in [2.24, 2.45) is 7.05 Å². The highest BCUT2D eigenvalue weighted by Gasteiger charge is 2.27. The maximum atomic E-state index is 12.7. The molecule has 0 unspecified atom stereocenters. The summed E-state index contributed by atoms with van der Waals surface area (Å²) in [6.45, 7) is 4.75. The van der Waals surface area contributed by atoms with Crippen LogP contribution in [0.5, 0.6) is 0 Å². The molecular formula is C21H25N5O4S2. The van der Waals surface area contributed by atoms with Crippen molar-refractivity contribution < 1.29 is 17.6 Å². The van der Waals surface area contributed by atoms with E-state index in [0.29, 0.717) is 29.8 Å². The van der Waals surface area contributed by atoms with Crippen LogP contribution in [0.2, 0.25) is 0 Å². The first-order valence-electron chi connectivity index (χ1n) is 10.3. The highest BCUT2D eigenvalue weighted by molar-refractivity contribution is 8.00. The summed E-state index contributed by atoms with van der Waals surface area (Å²) in [7, 11) is -1.63. The SMILES string of the molecule is Cc1occc1-c1nnc(S[C@H](C)C(=O)Nc2ccc(S(=O)(=O)N3CCCC3)cc2)n1C. The van der Waals surface area contributed by atoms with Crippen LogP contribution in [0.25, 0.3) is 11.4 Å². The lowest BCUT2D eigenvalue weighted by Crippen LogP contribution is -2.27. The number of sulfonamides is 1. The molecule has 2 aromatic heterocycles. The summed E-state index contributed by atoms with van der Waals surface area (Å²) >= 11 is 1.29. The Kier molecular flexibility index (Phi) is 6.40. The molecule has 32 heavy (non-hydrogen) atoms. The summed E-state index contributed by atoms with van der Waals surface area (Å²) in [4.78, 5) is 12.9. The van der Waals surface area contributed by atoms with Crippen molar-refractivity contribution in [2.75, 3.05) is 18.4 Å². The zero-order valence-electron chi connectivity index (χ0n) is 18.1. The third-order valence-corrected chi connectivity index (χ3v) is 8.46. The molecule has 0 aliphatic carbocycles. The number of aromatic nitrogens is 3. The van der Waals surface area contributed by atoms with Crippen LogP contribution in [-0.4, -0.2) is 51.7 Å². The Bertz CT molecular complexity index is 1210. The zero-order chi connectivity index (χ0) is 22.9. The van der Waals surface area contributed by atoms with Gasteiger partial charge in [0.25, 0.3) is 0 Å². The first-order chi connectivity index (χ1) is 15.3. The number of thioether (sulfide) groups is 1. The summed E-state index contributed by atoms with van der Waals surface area (Å²) in [5.74, 6) is 1.20. The van der Waals surface area contributed by atoms with E-state index in [9.17, 15) is 13.2 Å². The van der Waals surface area contributed by atoms with Crippen LogP contribution in [-0.2, 0) is 21.9 Å². The molecule has 1 fully saturated rings. The number of hydrogen-bond acceptors (Lipinski definition) is 7. The van der Waals surface area contributed by atoms with Gasteiger partial charge in [0, 0.05) is 25.8 Å². The first kappa shape index (κ1) is 22.6. The van der Waals surface area contributed by atoms with Gasteiger partial charge >= 0.3 is 0 Å². The minimum Gasteiger partial charge on any atom is -0.469 e. The maximum Gasteiger partial charge on any atom is 0.243 e. The van der Waals surface area contributed by atoms with Gasteiger partial charge in [0.15, 0.2) is 11.0 Å². The molecule has 1 N–H and O–H groups in total. The molecule has 0 spiro atoms. The average Bonchev–Trinajstić information content (AvgIpc) is 3.51. The molecule has 1 amide bonds. The number of nitrogens with one attached hydrogen (secondary N) is 1. The van der Waals surface area contributed by atoms with Crippen LogP contribution in [0.4, 0.5) is 5.69 Å². The summed E-state index contributed by atoms with van der Waals surface area (Å²) in [5.41, 5.74) is 1.39. The predicted molar refractivity (Wildman–Crippen MR) is 122 cm³/mol. The van der Waals surface area contributed by atoms with E-state index >= 15 is 0 Å². The quantitative estimate of drug-likeness (QED) is 0.522. The highest BCUT2D eigenvalue weighted by Crippen LogP contribution is 2.28.